The molecule has 2 aromatic rings. The van der Waals surface area contributed by atoms with E-state index in [0.717, 1.165) is 4.90 Å². The van der Waals surface area contributed by atoms with Crippen LogP contribution in [0.1, 0.15) is 0 Å². The molecule has 0 spiro atoms. The Balaban J connectivity index is 0. The third-order valence-electron chi connectivity index (χ3n) is 2.53. The lowest BCUT2D eigenvalue weighted by Crippen LogP contribution is -3.00. The second-order valence-electron chi connectivity index (χ2n) is 4.75. The Hall–Kier alpha value is -1.39. The van der Waals surface area contributed by atoms with Crippen LogP contribution in [-0.2, 0) is 14.1 Å². The fourth-order valence-corrected chi connectivity index (χ4v) is 1.66. The smallest absolute Gasteiger partial charge is 0.289 e. The fraction of sp³-hybridized carbons (Fsp3) is 0.267. The van der Waals surface area contributed by atoms with Gasteiger partial charge in [-0.2, -0.15) is 9.13 Å². The molecule has 2 heterocycles. The van der Waals surface area contributed by atoms with Crippen LogP contribution in [0.5, 0.6) is 11.5 Å². The highest BCUT2D eigenvalue weighted by Crippen LogP contribution is 2.16. The number of hydrogen-bond acceptors (Lipinski definition) is 4. The number of aromatic hydroxyl groups is 2. The van der Waals surface area contributed by atoms with Gasteiger partial charge < -0.3 is 42.0 Å². The first-order valence-corrected chi connectivity index (χ1v) is 8.21. The summed E-state index contributed by atoms with van der Waals surface area (Å²) < 4.78 is 4.97. The first-order chi connectivity index (χ1) is 11.1. The Morgan fingerprint density at radius 1 is 1.00 bits per heavy atom. The number of aromatic nitrogens is 2. The predicted molar refractivity (Wildman–Crippen MR) is 93.0 cm³/mol. The molecule has 1 amide bonds. The summed E-state index contributed by atoms with van der Waals surface area (Å²) in [5.74, 6) is 0.528. The van der Waals surface area contributed by atoms with Crippen molar-refractivity contribution < 1.29 is 46.2 Å². The van der Waals surface area contributed by atoms with Crippen molar-refractivity contribution >= 4 is 38.0 Å². The SMILES string of the molecule is CN(C)C(=O)[O-].C[n+]1cccc(O)c1Br.C[n+]1cccc(O)c1Br.[Br-]. The maximum Gasteiger partial charge on any atom is 0.289 e. The molecular formula is C15H20Br3N3O4. The zero-order chi connectivity index (χ0) is 18.9. The summed E-state index contributed by atoms with van der Waals surface area (Å²) in [6, 6.07) is 6.81. The number of halogens is 3. The largest absolute Gasteiger partial charge is 1.00 e. The molecular weight excluding hydrogens is 526 g/mol. The third-order valence-corrected chi connectivity index (χ3v) is 4.47. The number of amides is 1. The molecule has 0 fully saturated rings. The van der Waals surface area contributed by atoms with Gasteiger partial charge in [-0.15, -0.1) is 0 Å². The molecule has 0 aliphatic rings. The second-order valence-corrected chi connectivity index (χ2v) is 6.25. The summed E-state index contributed by atoms with van der Waals surface area (Å²) in [7, 11) is 6.53. The van der Waals surface area contributed by atoms with Crippen LogP contribution in [0.25, 0.3) is 0 Å². The minimum atomic E-state index is -1.16. The number of rotatable bonds is 0. The van der Waals surface area contributed by atoms with Gasteiger partial charge in [0.05, 0.1) is 0 Å². The maximum absolute atomic E-state index is 9.51. The standard InChI is InChI=1S/2C6H6BrNO.C3H7NO2.BrH/c2*1-8-4-2-3-5(9)6(8)7;1-4(2)3(5)6;/h2*2-4H,1H3;1-2H3,(H,5,6);1H. The monoisotopic (exact) mass is 543 g/mol. The van der Waals surface area contributed by atoms with E-state index >= 15 is 0 Å². The lowest BCUT2D eigenvalue weighted by atomic mass is 10.5. The van der Waals surface area contributed by atoms with Crippen LogP contribution in [0.3, 0.4) is 0 Å². The van der Waals surface area contributed by atoms with Gasteiger partial charge in [0.1, 0.15) is 20.2 Å². The highest BCUT2D eigenvalue weighted by molar-refractivity contribution is 9.10. The van der Waals surface area contributed by atoms with Crippen LogP contribution in [0.2, 0.25) is 0 Å². The molecule has 0 aliphatic heterocycles. The molecule has 0 radical (unpaired) electrons. The number of carbonyl (C=O) groups excluding carboxylic acids is 1. The summed E-state index contributed by atoms with van der Waals surface area (Å²) in [6.07, 6.45) is 2.54. The number of carboxylic acid groups (broad SMARTS) is 1. The molecule has 25 heavy (non-hydrogen) atoms. The zero-order valence-corrected chi connectivity index (χ0v) is 18.9. The molecule has 0 unspecified atom stereocenters. The average Bonchev–Trinajstić information content (AvgIpc) is 2.51. The van der Waals surface area contributed by atoms with E-state index < -0.39 is 6.09 Å². The first-order valence-electron chi connectivity index (χ1n) is 6.62. The van der Waals surface area contributed by atoms with E-state index in [4.69, 9.17) is 10.2 Å². The molecule has 10 heteroatoms. The van der Waals surface area contributed by atoms with E-state index in [1.54, 1.807) is 33.4 Å². The van der Waals surface area contributed by atoms with Crippen molar-refractivity contribution in [2.75, 3.05) is 14.1 Å². The summed E-state index contributed by atoms with van der Waals surface area (Å²) in [5.41, 5.74) is 0. The average molecular weight is 546 g/mol. The minimum absolute atomic E-state index is 0. The fourth-order valence-electron chi connectivity index (χ4n) is 1.16. The molecule has 2 N–H and O–H groups in total. The van der Waals surface area contributed by atoms with Gasteiger partial charge in [-0.25, -0.2) is 0 Å². The molecule has 0 saturated carbocycles. The van der Waals surface area contributed by atoms with Crippen LogP contribution in [0, 0.1) is 0 Å². The zero-order valence-electron chi connectivity index (χ0n) is 14.2. The summed E-state index contributed by atoms with van der Waals surface area (Å²) in [6.45, 7) is 0. The molecule has 2 rings (SSSR count). The van der Waals surface area contributed by atoms with Crippen molar-refractivity contribution in [1.29, 1.82) is 0 Å². The van der Waals surface area contributed by atoms with Gasteiger partial charge in [-0.1, -0.05) is 0 Å². The van der Waals surface area contributed by atoms with Crippen LogP contribution in [0.4, 0.5) is 4.79 Å². The van der Waals surface area contributed by atoms with Crippen molar-refractivity contribution in [3.05, 3.63) is 45.9 Å². The number of carbonyl (C=O) groups is 1. The molecule has 7 nitrogen and oxygen atoms in total. The van der Waals surface area contributed by atoms with Crippen LogP contribution in [0.15, 0.2) is 45.9 Å². The van der Waals surface area contributed by atoms with Crippen molar-refractivity contribution in [2.24, 2.45) is 14.1 Å². The number of hydrogen-bond donors (Lipinski definition) is 2. The van der Waals surface area contributed by atoms with Gasteiger partial charge in [-0.05, 0) is 12.1 Å². The Bertz CT molecular complexity index is 595. The Kier molecular flexibility index (Phi) is 13.3. The van der Waals surface area contributed by atoms with Gasteiger partial charge in [-0.3, -0.25) is 0 Å². The maximum atomic E-state index is 9.51. The highest BCUT2D eigenvalue weighted by Gasteiger charge is 2.06. The minimum Gasteiger partial charge on any atom is -1.00 e. The van der Waals surface area contributed by atoms with E-state index in [1.807, 2.05) is 26.5 Å². The molecule has 140 valence electrons. The van der Waals surface area contributed by atoms with Crippen molar-refractivity contribution in [3.63, 3.8) is 0 Å². The molecule has 2 aromatic heterocycles. The lowest BCUT2D eigenvalue weighted by molar-refractivity contribution is -0.683. The number of pyridine rings is 2. The number of aryl methyl sites for hydroxylation is 2. The van der Waals surface area contributed by atoms with Gasteiger partial charge >= 0.3 is 0 Å². The van der Waals surface area contributed by atoms with E-state index in [2.05, 4.69) is 31.9 Å². The van der Waals surface area contributed by atoms with Crippen LogP contribution in [-0.4, -0.2) is 35.3 Å². The lowest BCUT2D eigenvalue weighted by Gasteiger charge is -2.10. The van der Waals surface area contributed by atoms with Crippen LogP contribution < -0.4 is 31.2 Å². The molecule has 0 bridgehead atoms. The molecule has 0 aromatic carbocycles. The highest BCUT2D eigenvalue weighted by atomic mass is 79.9. The predicted octanol–water partition coefficient (Wildman–Crippen LogP) is -2.15. The van der Waals surface area contributed by atoms with E-state index in [9.17, 15) is 9.90 Å². The molecule has 0 atom stereocenters. The van der Waals surface area contributed by atoms with E-state index in [-0.39, 0.29) is 28.5 Å². The third kappa shape index (κ3) is 10.3. The summed E-state index contributed by atoms with van der Waals surface area (Å²) >= 11 is 6.38. The first kappa shape index (κ1) is 25.8. The quantitative estimate of drug-likeness (QED) is 0.292. The van der Waals surface area contributed by atoms with Gasteiger partial charge in [0, 0.05) is 58.1 Å². The van der Waals surface area contributed by atoms with E-state index in [1.165, 1.54) is 14.1 Å². The Morgan fingerprint density at radius 2 is 1.28 bits per heavy atom. The Morgan fingerprint density at radius 3 is 1.44 bits per heavy atom. The summed E-state index contributed by atoms with van der Waals surface area (Å²) in [5, 5.41) is 27.6. The molecule has 0 aliphatic carbocycles. The Labute approximate surface area is 174 Å². The second kappa shape index (κ2) is 12.9. The van der Waals surface area contributed by atoms with Gasteiger partial charge in [0.2, 0.25) is 0 Å². The van der Waals surface area contributed by atoms with Gasteiger partial charge in [0.25, 0.3) is 9.21 Å². The normalized spacial score (nSPS) is 8.72. The van der Waals surface area contributed by atoms with Crippen molar-refractivity contribution in [3.8, 4) is 11.5 Å². The number of nitrogens with zero attached hydrogens (tertiary/aromatic N) is 3. The van der Waals surface area contributed by atoms with Crippen molar-refractivity contribution in [2.45, 2.75) is 0 Å². The van der Waals surface area contributed by atoms with Crippen molar-refractivity contribution in [1.82, 2.24) is 4.90 Å². The van der Waals surface area contributed by atoms with E-state index in [0.29, 0.717) is 9.21 Å². The molecule has 0 saturated heterocycles. The van der Waals surface area contributed by atoms with Crippen LogP contribution >= 0.6 is 31.9 Å². The van der Waals surface area contributed by atoms with Gasteiger partial charge in [0.15, 0.2) is 23.9 Å². The topological polar surface area (TPSA) is 91.6 Å². The summed E-state index contributed by atoms with van der Waals surface area (Å²) in [4.78, 5) is 10.5.